The standard InChI is InChI=1S/C12H18O3/c13-8-11-6-7-12(15-11)14-9-10-4-2-1-3-5-10/h6-7,10,13H,1-5,8-9H2. The van der Waals surface area contributed by atoms with E-state index in [0.717, 1.165) is 6.61 Å². The van der Waals surface area contributed by atoms with Crippen molar-refractivity contribution in [2.45, 2.75) is 38.7 Å². The van der Waals surface area contributed by atoms with Gasteiger partial charge in [-0.15, -0.1) is 0 Å². The lowest BCUT2D eigenvalue weighted by Gasteiger charge is -2.20. The summed E-state index contributed by atoms with van der Waals surface area (Å²) in [6.45, 7) is 0.686. The Morgan fingerprint density at radius 2 is 2.07 bits per heavy atom. The molecular formula is C12H18O3. The zero-order chi connectivity index (χ0) is 10.5. The number of aliphatic hydroxyl groups is 1. The summed E-state index contributed by atoms with van der Waals surface area (Å²) in [5, 5.41) is 8.82. The van der Waals surface area contributed by atoms with Gasteiger partial charge in [0, 0.05) is 6.07 Å². The Kier molecular flexibility index (Phi) is 3.67. The Labute approximate surface area is 90.0 Å². The Hall–Kier alpha value is -0.960. The van der Waals surface area contributed by atoms with Gasteiger partial charge >= 0.3 is 0 Å². The fourth-order valence-corrected chi connectivity index (χ4v) is 2.07. The van der Waals surface area contributed by atoms with Crippen LogP contribution in [0.15, 0.2) is 16.5 Å². The van der Waals surface area contributed by atoms with Gasteiger partial charge in [0.2, 0.25) is 0 Å². The Balaban J connectivity index is 1.76. The molecule has 0 unspecified atom stereocenters. The van der Waals surface area contributed by atoms with E-state index < -0.39 is 0 Å². The summed E-state index contributed by atoms with van der Waals surface area (Å²) in [5.41, 5.74) is 0. The maximum absolute atomic E-state index is 8.82. The molecule has 3 nitrogen and oxygen atoms in total. The van der Waals surface area contributed by atoms with E-state index in [4.69, 9.17) is 14.3 Å². The summed E-state index contributed by atoms with van der Waals surface area (Å²) >= 11 is 0. The maximum Gasteiger partial charge on any atom is 0.284 e. The fraction of sp³-hybridized carbons (Fsp3) is 0.667. The zero-order valence-corrected chi connectivity index (χ0v) is 8.95. The van der Waals surface area contributed by atoms with Crippen LogP contribution < -0.4 is 4.74 Å². The van der Waals surface area contributed by atoms with Crippen molar-refractivity contribution in [1.29, 1.82) is 0 Å². The van der Waals surface area contributed by atoms with Crippen LogP contribution in [0, 0.1) is 5.92 Å². The first-order chi connectivity index (χ1) is 7.38. The van der Waals surface area contributed by atoms with Gasteiger partial charge in [0.15, 0.2) is 0 Å². The van der Waals surface area contributed by atoms with Crippen LogP contribution in [-0.4, -0.2) is 11.7 Å². The second kappa shape index (κ2) is 5.21. The average Bonchev–Trinajstić information content (AvgIpc) is 2.76. The number of furan rings is 1. The van der Waals surface area contributed by atoms with Crippen molar-refractivity contribution >= 4 is 0 Å². The second-order valence-corrected chi connectivity index (χ2v) is 4.19. The monoisotopic (exact) mass is 210 g/mol. The van der Waals surface area contributed by atoms with Crippen molar-refractivity contribution in [2.24, 2.45) is 5.92 Å². The van der Waals surface area contributed by atoms with Crippen LogP contribution in [0.1, 0.15) is 37.9 Å². The third-order valence-electron chi connectivity index (χ3n) is 2.98. The summed E-state index contributed by atoms with van der Waals surface area (Å²) in [6, 6.07) is 3.52. The molecular weight excluding hydrogens is 192 g/mol. The van der Waals surface area contributed by atoms with Crippen molar-refractivity contribution in [2.75, 3.05) is 6.61 Å². The molecule has 0 spiro atoms. The Morgan fingerprint density at radius 3 is 2.73 bits per heavy atom. The molecule has 1 aromatic heterocycles. The number of hydrogen-bond acceptors (Lipinski definition) is 3. The molecule has 1 aliphatic rings. The number of ether oxygens (including phenoxy) is 1. The Bertz CT molecular complexity index is 287. The number of aliphatic hydroxyl groups excluding tert-OH is 1. The van der Waals surface area contributed by atoms with Crippen LogP contribution in [-0.2, 0) is 6.61 Å². The number of rotatable bonds is 4. The molecule has 0 atom stereocenters. The molecule has 1 aromatic rings. The molecule has 1 N–H and O–H groups in total. The lowest BCUT2D eigenvalue weighted by molar-refractivity contribution is 0.160. The van der Waals surface area contributed by atoms with E-state index in [-0.39, 0.29) is 6.61 Å². The van der Waals surface area contributed by atoms with E-state index in [1.54, 1.807) is 12.1 Å². The fourth-order valence-electron chi connectivity index (χ4n) is 2.07. The first-order valence-corrected chi connectivity index (χ1v) is 5.71. The van der Waals surface area contributed by atoms with E-state index in [2.05, 4.69) is 0 Å². The molecule has 0 radical (unpaired) electrons. The van der Waals surface area contributed by atoms with Crippen LogP contribution in [0.25, 0.3) is 0 Å². The van der Waals surface area contributed by atoms with Gasteiger partial charge in [-0.3, -0.25) is 0 Å². The molecule has 0 bridgehead atoms. The molecule has 0 aliphatic heterocycles. The first-order valence-electron chi connectivity index (χ1n) is 5.71. The lowest BCUT2D eigenvalue weighted by atomic mass is 9.90. The minimum absolute atomic E-state index is 0.0627. The summed E-state index contributed by atoms with van der Waals surface area (Å²) in [4.78, 5) is 0. The van der Waals surface area contributed by atoms with Crippen molar-refractivity contribution in [3.05, 3.63) is 17.9 Å². The first kappa shape index (κ1) is 10.6. The predicted octanol–water partition coefficient (Wildman–Crippen LogP) is 2.73. The molecule has 84 valence electrons. The van der Waals surface area contributed by atoms with Crippen LogP contribution in [0.3, 0.4) is 0 Å². The van der Waals surface area contributed by atoms with Gasteiger partial charge in [-0.05, 0) is 24.8 Å². The summed E-state index contributed by atoms with van der Waals surface area (Å²) in [6.07, 6.45) is 6.56. The highest BCUT2D eigenvalue weighted by Gasteiger charge is 2.14. The van der Waals surface area contributed by atoms with Gasteiger partial charge in [0.1, 0.15) is 12.4 Å². The van der Waals surface area contributed by atoms with E-state index in [0.29, 0.717) is 17.6 Å². The summed E-state index contributed by atoms with van der Waals surface area (Å²) in [5.74, 6) is 1.78. The van der Waals surface area contributed by atoms with Gasteiger partial charge in [-0.25, -0.2) is 0 Å². The lowest BCUT2D eigenvalue weighted by Crippen LogP contribution is -2.14. The van der Waals surface area contributed by atoms with Gasteiger partial charge in [0.05, 0.1) is 6.61 Å². The van der Waals surface area contributed by atoms with Crippen LogP contribution in [0.5, 0.6) is 5.95 Å². The molecule has 15 heavy (non-hydrogen) atoms. The SMILES string of the molecule is OCc1ccc(OCC2CCCCC2)o1. The number of hydrogen-bond donors (Lipinski definition) is 1. The molecule has 3 heteroatoms. The molecule has 2 rings (SSSR count). The smallest absolute Gasteiger partial charge is 0.284 e. The van der Waals surface area contributed by atoms with Gasteiger partial charge in [-0.2, -0.15) is 0 Å². The minimum atomic E-state index is -0.0627. The van der Waals surface area contributed by atoms with Crippen LogP contribution in [0.2, 0.25) is 0 Å². The van der Waals surface area contributed by atoms with Crippen LogP contribution >= 0.6 is 0 Å². The molecule has 1 aliphatic carbocycles. The average molecular weight is 210 g/mol. The quantitative estimate of drug-likeness (QED) is 0.830. The topological polar surface area (TPSA) is 42.6 Å². The van der Waals surface area contributed by atoms with Gasteiger partial charge in [-0.1, -0.05) is 19.3 Å². The second-order valence-electron chi connectivity index (χ2n) is 4.19. The maximum atomic E-state index is 8.82. The van der Waals surface area contributed by atoms with Gasteiger partial charge in [0.25, 0.3) is 5.95 Å². The van der Waals surface area contributed by atoms with Crippen molar-refractivity contribution in [1.82, 2.24) is 0 Å². The summed E-state index contributed by atoms with van der Waals surface area (Å²) < 4.78 is 10.8. The highest BCUT2D eigenvalue weighted by molar-refractivity contribution is 5.11. The molecule has 1 fully saturated rings. The minimum Gasteiger partial charge on any atom is -0.465 e. The molecule has 0 saturated heterocycles. The zero-order valence-electron chi connectivity index (χ0n) is 8.95. The highest BCUT2D eigenvalue weighted by atomic mass is 16.6. The molecule has 0 aromatic carbocycles. The Morgan fingerprint density at radius 1 is 1.27 bits per heavy atom. The molecule has 1 saturated carbocycles. The van der Waals surface area contributed by atoms with E-state index >= 15 is 0 Å². The van der Waals surface area contributed by atoms with Gasteiger partial charge < -0.3 is 14.3 Å². The van der Waals surface area contributed by atoms with Crippen LogP contribution in [0.4, 0.5) is 0 Å². The van der Waals surface area contributed by atoms with Crippen molar-refractivity contribution < 1.29 is 14.3 Å². The van der Waals surface area contributed by atoms with E-state index in [1.165, 1.54) is 32.1 Å². The molecule has 1 heterocycles. The third kappa shape index (κ3) is 2.99. The summed E-state index contributed by atoms with van der Waals surface area (Å²) in [7, 11) is 0. The molecule has 0 amide bonds. The predicted molar refractivity (Wildman–Crippen MR) is 56.7 cm³/mol. The van der Waals surface area contributed by atoms with Crippen molar-refractivity contribution in [3.8, 4) is 5.95 Å². The van der Waals surface area contributed by atoms with E-state index in [9.17, 15) is 0 Å². The largest absolute Gasteiger partial charge is 0.465 e. The highest BCUT2D eigenvalue weighted by Crippen LogP contribution is 2.25. The van der Waals surface area contributed by atoms with Crippen molar-refractivity contribution in [3.63, 3.8) is 0 Å². The van der Waals surface area contributed by atoms with E-state index in [1.807, 2.05) is 0 Å². The third-order valence-corrected chi connectivity index (χ3v) is 2.98. The normalized spacial score (nSPS) is 17.9.